The number of rotatable bonds is 3. The molecule has 0 bridgehead atoms. The third kappa shape index (κ3) is 3.24. The molecule has 0 heterocycles. The zero-order chi connectivity index (χ0) is 13.1. The van der Waals surface area contributed by atoms with Crippen LogP contribution in [0, 0.1) is 12.7 Å². The molecule has 0 unspecified atom stereocenters. The molecule has 0 amide bonds. The summed E-state index contributed by atoms with van der Waals surface area (Å²) in [5, 5.41) is 3.90. The van der Waals surface area contributed by atoms with Crippen LogP contribution in [0.2, 0.25) is 5.02 Å². The van der Waals surface area contributed by atoms with Crippen molar-refractivity contribution < 1.29 is 4.39 Å². The molecule has 0 aliphatic heterocycles. The van der Waals surface area contributed by atoms with Crippen molar-refractivity contribution in [2.75, 3.05) is 5.32 Å². The van der Waals surface area contributed by atoms with E-state index in [9.17, 15) is 4.39 Å². The van der Waals surface area contributed by atoms with Gasteiger partial charge in [0.25, 0.3) is 0 Å². The van der Waals surface area contributed by atoms with E-state index in [4.69, 9.17) is 11.6 Å². The van der Waals surface area contributed by atoms with E-state index in [-0.39, 0.29) is 5.82 Å². The van der Waals surface area contributed by atoms with Crippen LogP contribution in [-0.4, -0.2) is 0 Å². The fraction of sp³-hybridized carbons (Fsp3) is 0.143. The minimum atomic E-state index is -0.276. The van der Waals surface area contributed by atoms with Crippen molar-refractivity contribution in [2.45, 2.75) is 13.5 Å². The van der Waals surface area contributed by atoms with Crippen LogP contribution < -0.4 is 5.32 Å². The van der Waals surface area contributed by atoms with Crippen molar-refractivity contribution in [3.8, 4) is 0 Å². The van der Waals surface area contributed by atoms with Crippen LogP contribution in [0.1, 0.15) is 11.1 Å². The van der Waals surface area contributed by atoms with Gasteiger partial charge in [0.2, 0.25) is 0 Å². The molecule has 1 nitrogen and oxygen atoms in total. The summed E-state index contributed by atoms with van der Waals surface area (Å²) in [5.41, 5.74) is 2.86. The number of nitrogens with one attached hydrogen (secondary N) is 1. The summed E-state index contributed by atoms with van der Waals surface area (Å²) < 4.78 is 13.8. The van der Waals surface area contributed by atoms with E-state index in [0.717, 1.165) is 21.8 Å². The highest BCUT2D eigenvalue weighted by molar-refractivity contribution is 9.10. The van der Waals surface area contributed by atoms with Crippen LogP contribution in [0.3, 0.4) is 0 Å². The molecule has 0 atom stereocenters. The first-order chi connectivity index (χ1) is 8.56. The van der Waals surface area contributed by atoms with E-state index in [1.54, 1.807) is 6.07 Å². The lowest BCUT2D eigenvalue weighted by molar-refractivity contribution is 0.621. The molecule has 0 saturated carbocycles. The largest absolute Gasteiger partial charge is 0.381 e. The van der Waals surface area contributed by atoms with E-state index < -0.39 is 0 Å². The molecule has 0 spiro atoms. The second-order valence-electron chi connectivity index (χ2n) is 4.07. The lowest BCUT2D eigenvalue weighted by Gasteiger charge is -2.08. The summed E-state index contributed by atoms with van der Waals surface area (Å²) >= 11 is 9.17. The fourth-order valence-electron chi connectivity index (χ4n) is 1.56. The predicted octanol–water partition coefficient (Wildman–Crippen LogP) is 5.16. The van der Waals surface area contributed by atoms with Gasteiger partial charge in [-0.1, -0.05) is 23.7 Å². The normalized spacial score (nSPS) is 10.4. The van der Waals surface area contributed by atoms with Gasteiger partial charge >= 0.3 is 0 Å². The Morgan fingerprint density at radius 2 is 2.00 bits per heavy atom. The average molecular weight is 329 g/mol. The zero-order valence-electron chi connectivity index (χ0n) is 9.81. The standard InChI is InChI=1S/C14H12BrClFN/c1-9-2-3-10(6-13(9)16)8-18-11-4-5-12(15)14(17)7-11/h2-7,18H,8H2,1H3. The Morgan fingerprint density at radius 1 is 1.22 bits per heavy atom. The number of hydrogen-bond acceptors (Lipinski definition) is 1. The van der Waals surface area contributed by atoms with Crippen molar-refractivity contribution in [1.29, 1.82) is 0 Å². The highest BCUT2D eigenvalue weighted by Gasteiger charge is 2.01. The Labute approximate surface area is 119 Å². The molecule has 0 saturated heterocycles. The van der Waals surface area contributed by atoms with Gasteiger partial charge in [0.15, 0.2) is 0 Å². The first-order valence-electron chi connectivity index (χ1n) is 5.50. The second kappa shape index (κ2) is 5.72. The van der Waals surface area contributed by atoms with Crippen LogP contribution in [-0.2, 0) is 6.54 Å². The molecule has 0 aromatic heterocycles. The molecule has 2 aromatic carbocycles. The van der Waals surface area contributed by atoms with Crippen molar-refractivity contribution in [3.05, 3.63) is 62.8 Å². The number of anilines is 1. The van der Waals surface area contributed by atoms with Crippen molar-refractivity contribution in [2.24, 2.45) is 0 Å². The van der Waals surface area contributed by atoms with Crippen LogP contribution in [0.5, 0.6) is 0 Å². The lowest BCUT2D eigenvalue weighted by Crippen LogP contribution is -2.00. The van der Waals surface area contributed by atoms with Gasteiger partial charge < -0.3 is 5.32 Å². The van der Waals surface area contributed by atoms with Gasteiger partial charge in [0.05, 0.1) is 4.47 Å². The van der Waals surface area contributed by atoms with Crippen LogP contribution in [0.4, 0.5) is 10.1 Å². The maximum absolute atomic E-state index is 13.3. The molecule has 1 N–H and O–H groups in total. The topological polar surface area (TPSA) is 12.0 Å². The third-order valence-electron chi connectivity index (χ3n) is 2.65. The van der Waals surface area contributed by atoms with E-state index in [1.807, 2.05) is 31.2 Å². The van der Waals surface area contributed by atoms with Crippen LogP contribution in [0.15, 0.2) is 40.9 Å². The molecule has 2 aromatic rings. The van der Waals surface area contributed by atoms with Crippen molar-refractivity contribution >= 4 is 33.2 Å². The quantitative estimate of drug-likeness (QED) is 0.820. The maximum Gasteiger partial charge on any atom is 0.139 e. The smallest absolute Gasteiger partial charge is 0.139 e. The SMILES string of the molecule is Cc1ccc(CNc2ccc(Br)c(F)c2)cc1Cl. The Bertz CT molecular complexity index is 520. The van der Waals surface area contributed by atoms with E-state index in [2.05, 4.69) is 21.2 Å². The summed E-state index contributed by atoms with van der Waals surface area (Å²) in [7, 11) is 0. The summed E-state index contributed by atoms with van der Waals surface area (Å²) in [6, 6.07) is 10.9. The first kappa shape index (κ1) is 13.4. The van der Waals surface area contributed by atoms with Gasteiger partial charge in [-0.25, -0.2) is 4.39 Å². The molecule has 0 fully saturated rings. The van der Waals surface area contributed by atoms with Gasteiger partial charge in [-0.15, -0.1) is 0 Å². The Hall–Kier alpha value is -1.06. The van der Waals surface area contributed by atoms with Crippen molar-refractivity contribution in [1.82, 2.24) is 0 Å². The molecular weight excluding hydrogens is 317 g/mol. The molecular formula is C14H12BrClFN. The highest BCUT2D eigenvalue weighted by Crippen LogP contribution is 2.21. The highest BCUT2D eigenvalue weighted by atomic mass is 79.9. The molecule has 0 aliphatic carbocycles. The first-order valence-corrected chi connectivity index (χ1v) is 6.67. The van der Waals surface area contributed by atoms with Crippen LogP contribution >= 0.6 is 27.5 Å². The summed E-state index contributed by atoms with van der Waals surface area (Å²) in [6.45, 7) is 2.57. The maximum atomic E-state index is 13.3. The molecule has 4 heteroatoms. The van der Waals surface area contributed by atoms with Gasteiger partial charge in [0.1, 0.15) is 5.82 Å². The summed E-state index contributed by atoms with van der Waals surface area (Å²) in [5.74, 6) is -0.276. The fourth-order valence-corrected chi connectivity index (χ4v) is 2.01. The van der Waals surface area contributed by atoms with E-state index in [0.29, 0.717) is 11.0 Å². The zero-order valence-corrected chi connectivity index (χ0v) is 12.1. The molecule has 0 radical (unpaired) electrons. The Balaban J connectivity index is 2.06. The minimum absolute atomic E-state index is 0.276. The van der Waals surface area contributed by atoms with Crippen molar-refractivity contribution in [3.63, 3.8) is 0 Å². The predicted molar refractivity (Wildman–Crippen MR) is 77.6 cm³/mol. The number of benzene rings is 2. The molecule has 2 rings (SSSR count). The van der Waals surface area contributed by atoms with Gasteiger partial charge in [-0.05, 0) is 58.2 Å². The Morgan fingerprint density at radius 3 is 2.67 bits per heavy atom. The molecule has 94 valence electrons. The number of hydrogen-bond donors (Lipinski definition) is 1. The molecule has 0 aliphatic rings. The monoisotopic (exact) mass is 327 g/mol. The van der Waals surface area contributed by atoms with Gasteiger partial charge in [-0.3, -0.25) is 0 Å². The summed E-state index contributed by atoms with van der Waals surface area (Å²) in [6.07, 6.45) is 0. The lowest BCUT2D eigenvalue weighted by atomic mass is 10.1. The number of halogens is 3. The minimum Gasteiger partial charge on any atom is -0.381 e. The van der Waals surface area contributed by atoms with Gasteiger partial charge in [-0.2, -0.15) is 0 Å². The van der Waals surface area contributed by atoms with Gasteiger partial charge in [0, 0.05) is 17.3 Å². The molecule has 18 heavy (non-hydrogen) atoms. The summed E-state index contributed by atoms with van der Waals surface area (Å²) in [4.78, 5) is 0. The van der Waals surface area contributed by atoms with Crippen LogP contribution in [0.25, 0.3) is 0 Å². The number of aryl methyl sites for hydroxylation is 1. The third-order valence-corrected chi connectivity index (χ3v) is 3.70. The second-order valence-corrected chi connectivity index (χ2v) is 5.33. The Kier molecular flexibility index (Phi) is 4.25. The average Bonchev–Trinajstić information content (AvgIpc) is 2.35. The van der Waals surface area contributed by atoms with E-state index in [1.165, 1.54) is 6.07 Å². The van der Waals surface area contributed by atoms with E-state index >= 15 is 0 Å².